The summed E-state index contributed by atoms with van der Waals surface area (Å²) in [5.41, 5.74) is 10.3. The Morgan fingerprint density at radius 3 is 3.00 bits per heavy atom. The molecule has 0 radical (unpaired) electrons. The van der Waals surface area contributed by atoms with Crippen LogP contribution in [0.25, 0.3) is 11.0 Å². The van der Waals surface area contributed by atoms with Crippen LogP contribution in [0.3, 0.4) is 0 Å². The number of imidazole rings is 1. The summed E-state index contributed by atoms with van der Waals surface area (Å²) in [6.07, 6.45) is 3.90. The number of benzene rings is 1. The number of nitrogens with one attached hydrogen (secondary N) is 2. The van der Waals surface area contributed by atoms with Crippen molar-refractivity contribution in [1.29, 1.82) is 0 Å². The fraction of sp³-hybridized carbons (Fsp3) is 0.267. The van der Waals surface area contributed by atoms with E-state index in [0.29, 0.717) is 6.54 Å². The van der Waals surface area contributed by atoms with E-state index >= 15 is 0 Å². The predicted octanol–water partition coefficient (Wildman–Crippen LogP) is 2.24. The number of hydrogen-bond acceptors (Lipinski definition) is 3. The average molecular weight is 269 g/mol. The lowest BCUT2D eigenvalue weighted by Crippen LogP contribution is -2.13. The minimum atomic E-state index is 0.595. The highest BCUT2D eigenvalue weighted by Gasteiger charge is 2.10. The van der Waals surface area contributed by atoms with Crippen molar-refractivity contribution in [3.05, 3.63) is 47.8 Å². The van der Waals surface area contributed by atoms with Crippen molar-refractivity contribution < 1.29 is 0 Å². The Hall–Kier alpha value is -2.27. The summed E-state index contributed by atoms with van der Waals surface area (Å²) in [5, 5.41) is 3.39. The van der Waals surface area contributed by atoms with Crippen LogP contribution in [-0.2, 0) is 13.1 Å². The molecule has 0 aliphatic heterocycles. The third-order valence-corrected chi connectivity index (χ3v) is 3.37. The SMILES string of the molecule is Cc1ccc2c(c1)nc(NCc1cc[nH]c1)n2CCN. The van der Waals surface area contributed by atoms with Gasteiger partial charge in [-0.2, -0.15) is 0 Å². The molecule has 5 heteroatoms. The third-order valence-electron chi connectivity index (χ3n) is 3.37. The fourth-order valence-corrected chi connectivity index (χ4v) is 2.38. The van der Waals surface area contributed by atoms with Gasteiger partial charge in [0, 0.05) is 32.0 Å². The quantitative estimate of drug-likeness (QED) is 0.665. The maximum atomic E-state index is 5.72. The fourth-order valence-electron chi connectivity index (χ4n) is 2.38. The minimum Gasteiger partial charge on any atom is -0.367 e. The van der Waals surface area contributed by atoms with Gasteiger partial charge in [0.15, 0.2) is 0 Å². The van der Waals surface area contributed by atoms with Gasteiger partial charge in [-0.15, -0.1) is 0 Å². The second-order valence-electron chi connectivity index (χ2n) is 4.94. The molecule has 104 valence electrons. The molecule has 0 unspecified atom stereocenters. The highest BCUT2D eigenvalue weighted by Crippen LogP contribution is 2.21. The number of nitrogens with zero attached hydrogens (tertiary/aromatic N) is 2. The van der Waals surface area contributed by atoms with E-state index in [1.807, 2.05) is 18.5 Å². The number of hydrogen-bond donors (Lipinski definition) is 3. The highest BCUT2D eigenvalue weighted by atomic mass is 15.2. The molecule has 3 aromatic rings. The number of aromatic nitrogens is 3. The van der Waals surface area contributed by atoms with E-state index in [4.69, 9.17) is 5.73 Å². The first-order valence-corrected chi connectivity index (χ1v) is 6.80. The van der Waals surface area contributed by atoms with E-state index in [1.165, 1.54) is 11.1 Å². The lowest BCUT2D eigenvalue weighted by Gasteiger charge is -2.09. The summed E-state index contributed by atoms with van der Waals surface area (Å²) < 4.78 is 2.14. The van der Waals surface area contributed by atoms with Crippen molar-refractivity contribution in [3.63, 3.8) is 0 Å². The summed E-state index contributed by atoms with van der Waals surface area (Å²) in [6, 6.07) is 8.36. The van der Waals surface area contributed by atoms with Gasteiger partial charge in [0.05, 0.1) is 11.0 Å². The maximum absolute atomic E-state index is 5.72. The summed E-state index contributed by atoms with van der Waals surface area (Å²) in [7, 11) is 0. The number of rotatable bonds is 5. The summed E-state index contributed by atoms with van der Waals surface area (Å²) in [4.78, 5) is 7.73. The zero-order valence-corrected chi connectivity index (χ0v) is 11.6. The molecule has 0 atom stereocenters. The van der Waals surface area contributed by atoms with E-state index in [9.17, 15) is 0 Å². The Morgan fingerprint density at radius 2 is 2.25 bits per heavy atom. The first-order valence-electron chi connectivity index (χ1n) is 6.80. The Morgan fingerprint density at radius 1 is 1.35 bits per heavy atom. The zero-order valence-electron chi connectivity index (χ0n) is 11.6. The van der Waals surface area contributed by atoms with Crippen LogP contribution < -0.4 is 11.1 Å². The highest BCUT2D eigenvalue weighted by molar-refractivity contribution is 5.79. The normalized spacial score (nSPS) is 11.1. The smallest absolute Gasteiger partial charge is 0.204 e. The molecule has 4 N–H and O–H groups in total. The predicted molar refractivity (Wildman–Crippen MR) is 81.6 cm³/mol. The maximum Gasteiger partial charge on any atom is 0.204 e. The Bertz CT molecular complexity index is 696. The number of nitrogens with two attached hydrogens (primary N) is 1. The average Bonchev–Trinajstić information content (AvgIpc) is 3.05. The molecule has 20 heavy (non-hydrogen) atoms. The molecule has 0 amide bonds. The first-order chi connectivity index (χ1) is 9.78. The summed E-state index contributed by atoms with van der Waals surface area (Å²) >= 11 is 0. The third kappa shape index (κ3) is 2.40. The van der Waals surface area contributed by atoms with Crippen molar-refractivity contribution in [3.8, 4) is 0 Å². The topological polar surface area (TPSA) is 71.7 Å². The van der Waals surface area contributed by atoms with E-state index < -0.39 is 0 Å². The van der Waals surface area contributed by atoms with Crippen LogP contribution in [0.15, 0.2) is 36.7 Å². The van der Waals surface area contributed by atoms with Crippen LogP contribution in [0.5, 0.6) is 0 Å². The minimum absolute atomic E-state index is 0.595. The lowest BCUT2D eigenvalue weighted by molar-refractivity contribution is 0.730. The molecule has 5 nitrogen and oxygen atoms in total. The molecule has 2 heterocycles. The molecule has 0 aliphatic carbocycles. The number of aromatic amines is 1. The van der Waals surface area contributed by atoms with Gasteiger partial charge in [0.25, 0.3) is 0 Å². The van der Waals surface area contributed by atoms with Gasteiger partial charge < -0.3 is 20.6 Å². The standard InChI is InChI=1S/C15H19N5/c1-11-2-3-14-13(8-11)19-15(20(14)7-5-16)18-10-12-4-6-17-9-12/h2-4,6,8-9,17H,5,7,10,16H2,1H3,(H,18,19). The van der Waals surface area contributed by atoms with Crippen molar-refractivity contribution in [2.45, 2.75) is 20.0 Å². The van der Waals surface area contributed by atoms with Gasteiger partial charge in [0.1, 0.15) is 0 Å². The van der Waals surface area contributed by atoms with Crippen LogP contribution in [0.1, 0.15) is 11.1 Å². The first kappa shape index (κ1) is 12.7. The van der Waals surface area contributed by atoms with Crippen LogP contribution in [-0.4, -0.2) is 21.1 Å². The molecule has 0 bridgehead atoms. The van der Waals surface area contributed by atoms with Crippen molar-refractivity contribution in [1.82, 2.24) is 14.5 Å². The van der Waals surface area contributed by atoms with Crippen molar-refractivity contribution in [2.75, 3.05) is 11.9 Å². The molecule has 1 aromatic carbocycles. The molecule has 2 aromatic heterocycles. The number of aryl methyl sites for hydroxylation is 1. The number of anilines is 1. The molecule has 3 rings (SSSR count). The van der Waals surface area contributed by atoms with E-state index in [2.05, 4.69) is 45.0 Å². The van der Waals surface area contributed by atoms with Gasteiger partial charge in [-0.1, -0.05) is 6.07 Å². The number of fused-ring (bicyclic) bond motifs is 1. The Balaban J connectivity index is 1.93. The molecular formula is C15H19N5. The zero-order chi connectivity index (χ0) is 13.9. The molecular weight excluding hydrogens is 250 g/mol. The van der Waals surface area contributed by atoms with Crippen LogP contribution in [0, 0.1) is 6.92 Å². The van der Waals surface area contributed by atoms with Crippen molar-refractivity contribution in [2.24, 2.45) is 5.73 Å². The monoisotopic (exact) mass is 269 g/mol. The molecule has 0 saturated heterocycles. The van der Waals surface area contributed by atoms with Crippen LogP contribution >= 0.6 is 0 Å². The number of H-pyrrole nitrogens is 1. The van der Waals surface area contributed by atoms with Gasteiger partial charge in [0.2, 0.25) is 5.95 Å². The van der Waals surface area contributed by atoms with E-state index in [1.54, 1.807) is 0 Å². The summed E-state index contributed by atoms with van der Waals surface area (Å²) in [6.45, 7) is 4.18. The Labute approximate surface area is 117 Å². The van der Waals surface area contributed by atoms with Crippen LogP contribution in [0.2, 0.25) is 0 Å². The largest absolute Gasteiger partial charge is 0.367 e. The van der Waals surface area contributed by atoms with Gasteiger partial charge >= 0.3 is 0 Å². The van der Waals surface area contributed by atoms with E-state index in [-0.39, 0.29) is 0 Å². The van der Waals surface area contributed by atoms with Gasteiger partial charge in [-0.25, -0.2) is 4.98 Å². The van der Waals surface area contributed by atoms with Gasteiger partial charge in [-0.3, -0.25) is 0 Å². The van der Waals surface area contributed by atoms with Crippen LogP contribution in [0.4, 0.5) is 5.95 Å². The Kier molecular flexibility index (Phi) is 3.43. The van der Waals surface area contributed by atoms with E-state index in [0.717, 1.165) is 30.1 Å². The van der Waals surface area contributed by atoms with Crippen molar-refractivity contribution >= 4 is 17.0 Å². The molecule has 0 fully saturated rings. The molecule has 0 saturated carbocycles. The second kappa shape index (κ2) is 5.38. The second-order valence-corrected chi connectivity index (χ2v) is 4.94. The molecule has 0 aliphatic rings. The lowest BCUT2D eigenvalue weighted by atomic mass is 10.2. The summed E-state index contributed by atoms with van der Waals surface area (Å²) in [5.74, 6) is 0.872. The molecule has 0 spiro atoms. The van der Waals surface area contributed by atoms with Gasteiger partial charge in [-0.05, 0) is 36.2 Å².